The Bertz CT molecular complexity index is 675. The molecule has 0 spiro atoms. The summed E-state index contributed by atoms with van der Waals surface area (Å²) in [6.45, 7) is 2.04. The first kappa shape index (κ1) is 15.7. The number of hydrogen-bond acceptors (Lipinski definition) is 2. The molecule has 2 aromatic rings. The molecule has 0 radical (unpaired) electrons. The van der Waals surface area contributed by atoms with Crippen LogP contribution in [-0.2, 0) is 0 Å². The second kappa shape index (κ2) is 6.41. The molecule has 0 saturated carbocycles. The third-order valence-electron chi connectivity index (χ3n) is 3.52. The molecule has 110 valence electrons. The molecule has 0 heterocycles. The number of nitrogens with zero attached hydrogens (tertiary/aromatic N) is 1. The molecule has 0 aromatic heterocycles. The molecule has 5 heteroatoms. The highest BCUT2D eigenvalue weighted by molar-refractivity contribution is 7.80. The summed E-state index contributed by atoms with van der Waals surface area (Å²) >= 11 is 11.0. The Balaban J connectivity index is 2.40. The molecule has 2 nitrogen and oxygen atoms in total. The predicted molar refractivity (Wildman–Crippen MR) is 90.6 cm³/mol. The maximum atomic E-state index is 13.4. The number of halogens is 2. The van der Waals surface area contributed by atoms with Crippen molar-refractivity contribution in [2.75, 3.05) is 11.9 Å². The molecule has 0 bridgehead atoms. The molecule has 1 unspecified atom stereocenters. The van der Waals surface area contributed by atoms with Crippen LogP contribution in [0.1, 0.15) is 24.1 Å². The van der Waals surface area contributed by atoms with Crippen LogP contribution in [0.4, 0.5) is 10.1 Å². The van der Waals surface area contributed by atoms with E-state index in [1.807, 2.05) is 43.1 Å². The monoisotopic (exact) mass is 322 g/mol. The third kappa shape index (κ3) is 3.52. The highest BCUT2D eigenvalue weighted by Gasteiger charge is 2.17. The van der Waals surface area contributed by atoms with Gasteiger partial charge in [-0.25, -0.2) is 4.39 Å². The van der Waals surface area contributed by atoms with Gasteiger partial charge in [-0.1, -0.05) is 36.0 Å². The first-order valence-corrected chi connectivity index (χ1v) is 7.26. The van der Waals surface area contributed by atoms with Crippen LogP contribution in [-0.4, -0.2) is 12.0 Å². The number of thiocarbonyl (C=S) groups is 1. The number of anilines is 1. The van der Waals surface area contributed by atoms with Gasteiger partial charge >= 0.3 is 0 Å². The smallest absolute Gasteiger partial charge is 0.124 e. The fraction of sp³-hybridized carbons (Fsp3) is 0.188. The lowest BCUT2D eigenvalue weighted by atomic mass is 10.0. The quantitative estimate of drug-likeness (QED) is 0.850. The highest BCUT2D eigenvalue weighted by Crippen LogP contribution is 2.29. The van der Waals surface area contributed by atoms with Gasteiger partial charge in [0, 0.05) is 23.3 Å². The minimum atomic E-state index is -0.356. The highest BCUT2D eigenvalue weighted by atomic mass is 35.5. The maximum absolute atomic E-state index is 13.4. The van der Waals surface area contributed by atoms with E-state index >= 15 is 0 Å². The van der Waals surface area contributed by atoms with Crippen molar-refractivity contribution in [2.45, 2.75) is 13.0 Å². The van der Waals surface area contributed by atoms with Crippen molar-refractivity contribution in [3.8, 4) is 0 Å². The van der Waals surface area contributed by atoms with Crippen LogP contribution in [0.25, 0.3) is 0 Å². The molecule has 2 aromatic carbocycles. The molecule has 0 aliphatic heterocycles. The Hall–Kier alpha value is -1.65. The van der Waals surface area contributed by atoms with Crippen LogP contribution in [0.3, 0.4) is 0 Å². The lowest BCUT2D eigenvalue weighted by Crippen LogP contribution is -2.25. The zero-order chi connectivity index (χ0) is 15.6. The molecular weight excluding hydrogens is 307 g/mol. The molecular formula is C16H16ClFN2S. The van der Waals surface area contributed by atoms with Gasteiger partial charge in [-0.2, -0.15) is 0 Å². The topological polar surface area (TPSA) is 29.3 Å². The Morgan fingerprint density at radius 3 is 2.62 bits per heavy atom. The zero-order valence-corrected chi connectivity index (χ0v) is 13.4. The summed E-state index contributed by atoms with van der Waals surface area (Å²) in [6.07, 6.45) is 0. The third-order valence-corrected chi connectivity index (χ3v) is 3.97. The first-order chi connectivity index (χ1) is 9.90. The van der Waals surface area contributed by atoms with E-state index in [0.29, 0.717) is 10.6 Å². The second-order valence-electron chi connectivity index (χ2n) is 4.87. The molecule has 0 aliphatic carbocycles. The van der Waals surface area contributed by atoms with Crippen molar-refractivity contribution >= 4 is 34.5 Å². The number of rotatable bonds is 4. The van der Waals surface area contributed by atoms with Crippen LogP contribution in [0.2, 0.25) is 5.02 Å². The Morgan fingerprint density at radius 2 is 2.00 bits per heavy atom. The molecule has 0 saturated heterocycles. The average Bonchev–Trinajstić information content (AvgIpc) is 2.45. The number of benzene rings is 2. The molecule has 21 heavy (non-hydrogen) atoms. The summed E-state index contributed by atoms with van der Waals surface area (Å²) in [5.41, 5.74) is 8.08. The summed E-state index contributed by atoms with van der Waals surface area (Å²) in [7, 11) is 1.92. The van der Waals surface area contributed by atoms with Crippen molar-refractivity contribution in [1.82, 2.24) is 0 Å². The summed E-state index contributed by atoms with van der Waals surface area (Å²) < 4.78 is 13.4. The van der Waals surface area contributed by atoms with Gasteiger partial charge in [0.05, 0.1) is 6.04 Å². The Morgan fingerprint density at radius 1 is 1.29 bits per heavy atom. The van der Waals surface area contributed by atoms with E-state index < -0.39 is 0 Å². The minimum Gasteiger partial charge on any atom is -0.389 e. The minimum absolute atomic E-state index is 0.0438. The zero-order valence-electron chi connectivity index (χ0n) is 11.8. The van der Waals surface area contributed by atoms with E-state index in [2.05, 4.69) is 0 Å². The molecule has 2 N–H and O–H groups in total. The van der Waals surface area contributed by atoms with Crippen LogP contribution in [0.15, 0.2) is 42.5 Å². The van der Waals surface area contributed by atoms with Crippen LogP contribution >= 0.6 is 23.8 Å². The van der Waals surface area contributed by atoms with Gasteiger partial charge < -0.3 is 10.6 Å². The average molecular weight is 323 g/mol. The fourth-order valence-corrected chi connectivity index (χ4v) is 2.57. The van der Waals surface area contributed by atoms with Crippen molar-refractivity contribution in [3.63, 3.8) is 0 Å². The van der Waals surface area contributed by atoms with Crippen LogP contribution < -0.4 is 10.6 Å². The van der Waals surface area contributed by atoms with Gasteiger partial charge in [0.1, 0.15) is 10.8 Å². The van der Waals surface area contributed by atoms with Gasteiger partial charge in [0.25, 0.3) is 0 Å². The SMILES string of the molecule is CC(c1cccc(Cl)c1)N(C)c1ccc(F)cc1C(N)=S. The van der Waals surface area contributed by atoms with E-state index in [0.717, 1.165) is 11.3 Å². The summed E-state index contributed by atoms with van der Waals surface area (Å²) in [4.78, 5) is 2.18. The van der Waals surface area contributed by atoms with Gasteiger partial charge in [0.2, 0.25) is 0 Å². The second-order valence-corrected chi connectivity index (χ2v) is 5.74. The lowest BCUT2D eigenvalue weighted by molar-refractivity contribution is 0.626. The first-order valence-electron chi connectivity index (χ1n) is 6.48. The molecule has 0 fully saturated rings. The van der Waals surface area contributed by atoms with Crippen LogP contribution in [0, 0.1) is 5.82 Å². The van der Waals surface area contributed by atoms with E-state index in [1.54, 1.807) is 6.07 Å². The summed E-state index contributed by atoms with van der Waals surface area (Å²) in [5.74, 6) is -0.356. The van der Waals surface area contributed by atoms with E-state index in [-0.39, 0.29) is 16.8 Å². The normalized spacial score (nSPS) is 12.0. The molecule has 0 aliphatic rings. The number of nitrogens with two attached hydrogens (primary N) is 1. The number of hydrogen-bond donors (Lipinski definition) is 1. The van der Waals surface area contributed by atoms with Gasteiger partial charge in [0.15, 0.2) is 0 Å². The summed E-state index contributed by atoms with van der Waals surface area (Å²) in [5, 5.41) is 0.682. The van der Waals surface area contributed by atoms with Crippen molar-refractivity contribution in [2.24, 2.45) is 5.73 Å². The fourth-order valence-electron chi connectivity index (χ4n) is 2.21. The van der Waals surface area contributed by atoms with E-state index in [4.69, 9.17) is 29.6 Å². The molecule has 1 atom stereocenters. The Labute approximate surface area is 134 Å². The molecule has 0 amide bonds. The van der Waals surface area contributed by atoms with E-state index in [1.165, 1.54) is 12.1 Å². The predicted octanol–water partition coefficient (Wildman–Crippen LogP) is 4.31. The summed E-state index contributed by atoms with van der Waals surface area (Å²) in [6, 6.07) is 12.1. The molecule has 2 rings (SSSR count). The Kier molecular flexibility index (Phi) is 4.80. The maximum Gasteiger partial charge on any atom is 0.124 e. The standard InChI is InChI=1S/C16H16ClFN2S/c1-10(11-4-3-5-12(17)8-11)20(2)15-7-6-13(18)9-14(15)16(19)21/h3-10H,1-2H3,(H2,19,21). The largest absolute Gasteiger partial charge is 0.389 e. The van der Waals surface area contributed by atoms with Crippen molar-refractivity contribution < 1.29 is 4.39 Å². The van der Waals surface area contributed by atoms with Gasteiger partial charge in [-0.05, 0) is 42.8 Å². The lowest BCUT2D eigenvalue weighted by Gasteiger charge is -2.29. The van der Waals surface area contributed by atoms with E-state index in [9.17, 15) is 4.39 Å². The van der Waals surface area contributed by atoms with Gasteiger partial charge in [-0.3, -0.25) is 0 Å². The van der Waals surface area contributed by atoms with Gasteiger partial charge in [-0.15, -0.1) is 0 Å². The van der Waals surface area contributed by atoms with Crippen molar-refractivity contribution in [1.29, 1.82) is 0 Å². The van der Waals surface area contributed by atoms with Crippen molar-refractivity contribution in [3.05, 3.63) is 64.4 Å². The van der Waals surface area contributed by atoms with Crippen LogP contribution in [0.5, 0.6) is 0 Å².